The summed E-state index contributed by atoms with van der Waals surface area (Å²) in [6.07, 6.45) is 7.00. The minimum Gasteiger partial charge on any atom is -0.465 e. The Hall–Kier alpha value is -4.24. The molecule has 4 heterocycles. The highest BCUT2D eigenvalue weighted by Gasteiger charge is 2.62. The molecule has 5 atom stereocenters. The zero-order valence-corrected chi connectivity index (χ0v) is 30.3. The number of benzene rings is 1. The van der Waals surface area contributed by atoms with Crippen molar-refractivity contribution in [1.82, 2.24) is 25.2 Å². The summed E-state index contributed by atoms with van der Waals surface area (Å²) in [5.74, 6) is -1.17. The normalized spacial score (nSPS) is 28.5. The Balaban J connectivity index is 1.13. The van der Waals surface area contributed by atoms with Gasteiger partial charge in [0.25, 0.3) is 5.91 Å². The molecule has 1 aromatic heterocycles. The van der Waals surface area contributed by atoms with Crippen molar-refractivity contribution in [3.05, 3.63) is 70.4 Å². The third-order valence-electron chi connectivity index (χ3n) is 11.0. The van der Waals surface area contributed by atoms with Crippen LogP contribution in [0.2, 0.25) is 0 Å². The highest BCUT2D eigenvalue weighted by Crippen LogP contribution is 2.46. The molecule has 13 nitrogen and oxygen atoms in total. The van der Waals surface area contributed by atoms with Crippen LogP contribution in [-0.2, 0) is 48.8 Å². The lowest BCUT2D eigenvalue weighted by molar-refractivity contribution is -0.141. The molecule has 3 aliphatic heterocycles. The third kappa shape index (κ3) is 7.47. The number of sulfonamides is 1. The van der Waals surface area contributed by atoms with Crippen LogP contribution in [0.5, 0.6) is 0 Å². The summed E-state index contributed by atoms with van der Waals surface area (Å²) < 4.78 is 53.9. The van der Waals surface area contributed by atoms with Crippen LogP contribution in [0.25, 0.3) is 0 Å². The Morgan fingerprint density at radius 2 is 1.92 bits per heavy atom. The molecule has 3 N–H and O–H groups in total. The van der Waals surface area contributed by atoms with Gasteiger partial charge in [-0.15, -0.1) is 0 Å². The average Bonchev–Trinajstić information content (AvgIpc) is 3.94. The second-order valence-electron chi connectivity index (χ2n) is 14.9. The molecule has 15 heteroatoms. The van der Waals surface area contributed by atoms with E-state index in [1.165, 1.54) is 15.9 Å². The first-order valence-electron chi connectivity index (χ1n) is 18.2. The summed E-state index contributed by atoms with van der Waals surface area (Å²) in [5.41, 5.74) is 0.590. The fourth-order valence-electron chi connectivity index (χ4n) is 7.59. The Bertz CT molecular complexity index is 1870. The molecule has 4 amide bonds. The number of amides is 4. The number of carbonyl (C=O) groups excluding carboxylic acids is 4. The molecule has 7 rings (SSSR count). The van der Waals surface area contributed by atoms with Crippen molar-refractivity contribution in [3.8, 4) is 0 Å². The summed E-state index contributed by atoms with van der Waals surface area (Å²) in [6, 6.07) is 4.78. The fraction of sp³-hybridized carbons (Fsp3) is 0.568. The van der Waals surface area contributed by atoms with Gasteiger partial charge in [-0.2, -0.15) is 0 Å². The van der Waals surface area contributed by atoms with Gasteiger partial charge in [0.2, 0.25) is 21.8 Å². The van der Waals surface area contributed by atoms with Crippen LogP contribution < -0.4 is 15.4 Å². The SMILES string of the molecule is Cc1cc(CN[C@H]2CCCCC/C=C\[C@@H]3C[C@@]3(C(=O)NS(=O)(=O)C3CC3)NC(=O)[C@@H]3C[C@@H](OC(=O)N4Cc5cccc(F)c5C4)CN3C2=O)oc1C. The number of aryl methyl sites for hydroxylation is 2. The number of hydrogen-bond donors (Lipinski definition) is 3. The van der Waals surface area contributed by atoms with E-state index in [4.69, 9.17) is 9.15 Å². The van der Waals surface area contributed by atoms with Crippen molar-refractivity contribution >= 4 is 33.8 Å². The van der Waals surface area contributed by atoms with Gasteiger partial charge < -0.3 is 19.4 Å². The largest absolute Gasteiger partial charge is 0.465 e. The van der Waals surface area contributed by atoms with Crippen LogP contribution in [0.15, 0.2) is 40.8 Å². The van der Waals surface area contributed by atoms with E-state index >= 15 is 0 Å². The van der Waals surface area contributed by atoms with Crippen LogP contribution in [0.1, 0.15) is 86.0 Å². The molecule has 0 unspecified atom stereocenters. The zero-order valence-electron chi connectivity index (χ0n) is 29.5. The van der Waals surface area contributed by atoms with E-state index in [1.807, 2.05) is 32.1 Å². The first-order chi connectivity index (χ1) is 24.8. The highest BCUT2D eigenvalue weighted by atomic mass is 32.2. The Morgan fingerprint density at radius 1 is 1.12 bits per heavy atom. The zero-order chi connectivity index (χ0) is 36.8. The lowest BCUT2D eigenvalue weighted by Gasteiger charge is -2.30. The van der Waals surface area contributed by atoms with Crippen molar-refractivity contribution in [2.75, 3.05) is 6.54 Å². The van der Waals surface area contributed by atoms with E-state index in [0.717, 1.165) is 37.0 Å². The molecule has 280 valence electrons. The standard InChI is InChI=1S/C37H46FN5O8S/c1-22-15-26(50-23(22)2)18-39-31-12-7-5-3-4-6-10-25-17-37(25,35(46)41-52(48,49)28-13-14-28)40-33(44)32-16-27(20-43(32)34(31)45)51-36(47)42-19-24-9-8-11-30(38)29(24)21-42/h6,8-11,15,25,27-28,31-32,39H,3-5,7,12-14,16-21H2,1-2H3,(H,40,44)(H,41,46)/b10-6-/t25-,27-,31+,32+,37-/m1/s1. The van der Waals surface area contributed by atoms with Crippen molar-refractivity contribution in [1.29, 1.82) is 0 Å². The maximum atomic E-state index is 14.4. The predicted octanol–water partition coefficient (Wildman–Crippen LogP) is 3.62. The molecule has 1 aromatic carbocycles. The van der Waals surface area contributed by atoms with Crippen molar-refractivity contribution in [2.45, 2.75) is 120 Å². The molecule has 1 saturated heterocycles. The van der Waals surface area contributed by atoms with Gasteiger partial charge in [-0.05, 0) is 75.6 Å². The summed E-state index contributed by atoms with van der Waals surface area (Å²) in [4.78, 5) is 58.5. The van der Waals surface area contributed by atoms with E-state index in [-0.39, 0.29) is 44.9 Å². The van der Waals surface area contributed by atoms with Crippen LogP contribution in [0.3, 0.4) is 0 Å². The monoisotopic (exact) mass is 739 g/mol. The lowest BCUT2D eigenvalue weighted by Crippen LogP contribution is -2.58. The highest BCUT2D eigenvalue weighted by molar-refractivity contribution is 7.91. The number of fused-ring (bicyclic) bond motifs is 3. The minimum absolute atomic E-state index is 0.0359. The van der Waals surface area contributed by atoms with Gasteiger partial charge in [0.15, 0.2) is 0 Å². The van der Waals surface area contributed by atoms with Crippen molar-refractivity contribution in [3.63, 3.8) is 0 Å². The number of allylic oxidation sites excluding steroid dienone is 1. The average molecular weight is 740 g/mol. The van der Waals surface area contributed by atoms with E-state index in [2.05, 4.69) is 15.4 Å². The molecule has 3 fully saturated rings. The van der Waals surface area contributed by atoms with E-state index in [0.29, 0.717) is 36.1 Å². The third-order valence-corrected chi connectivity index (χ3v) is 12.9. The lowest BCUT2D eigenvalue weighted by atomic mass is 10.0. The molecule has 5 aliphatic rings. The number of rotatable bonds is 7. The first kappa shape index (κ1) is 36.1. The van der Waals surface area contributed by atoms with Gasteiger partial charge in [0.05, 0.1) is 30.9 Å². The fourth-order valence-corrected chi connectivity index (χ4v) is 8.95. The van der Waals surface area contributed by atoms with Gasteiger partial charge in [-0.3, -0.25) is 29.3 Å². The van der Waals surface area contributed by atoms with Gasteiger partial charge >= 0.3 is 6.09 Å². The molecule has 2 aromatic rings. The van der Waals surface area contributed by atoms with Gasteiger partial charge in [0, 0.05) is 24.4 Å². The summed E-state index contributed by atoms with van der Waals surface area (Å²) in [5, 5.41) is 5.56. The van der Waals surface area contributed by atoms with Crippen LogP contribution in [0, 0.1) is 25.6 Å². The van der Waals surface area contributed by atoms with Gasteiger partial charge in [-0.1, -0.05) is 37.1 Å². The molecular weight excluding hydrogens is 693 g/mol. The smallest absolute Gasteiger partial charge is 0.410 e. The molecule has 2 aliphatic carbocycles. The van der Waals surface area contributed by atoms with Crippen LogP contribution >= 0.6 is 0 Å². The van der Waals surface area contributed by atoms with Gasteiger partial charge in [-0.25, -0.2) is 17.6 Å². The number of nitrogens with zero attached hydrogens (tertiary/aromatic N) is 2. The molecule has 0 radical (unpaired) electrons. The summed E-state index contributed by atoms with van der Waals surface area (Å²) in [7, 11) is -3.89. The number of ether oxygens (including phenoxy) is 1. The summed E-state index contributed by atoms with van der Waals surface area (Å²) in [6.45, 7) is 4.22. The topological polar surface area (TPSA) is 167 Å². The van der Waals surface area contributed by atoms with E-state index < -0.39 is 68.6 Å². The van der Waals surface area contributed by atoms with E-state index in [1.54, 1.807) is 12.1 Å². The Morgan fingerprint density at radius 3 is 2.65 bits per heavy atom. The van der Waals surface area contributed by atoms with Crippen molar-refractivity contribution < 1.29 is 41.1 Å². The molecule has 0 bridgehead atoms. The maximum absolute atomic E-state index is 14.4. The van der Waals surface area contributed by atoms with Gasteiger partial charge in [0.1, 0.15) is 35.0 Å². The van der Waals surface area contributed by atoms with Crippen LogP contribution in [0.4, 0.5) is 9.18 Å². The number of carbonyl (C=O) groups is 4. The molecule has 2 saturated carbocycles. The van der Waals surface area contributed by atoms with Crippen molar-refractivity contribution in [2.24, 2.45) is 5.92 Å². The molecular formula is C37H46FN5O8S. The summed E-state index contributed by atoms with van der Waals surface area (Å²) >= 11 is 0. The van der Waals surface area contributed by atoms with Crippen LogP contribution in [-0.4, -0.2) is 77.6 Å². The number of nitrogens with one attached hydrogen (secondary N) is 3. The Labute approximate surface area is 302 Å². The number of furan rings is 1. The number of halogens is 1. The Kier molecular flexibility index (Phi) is 9.93. The maximum Gasteiger partial charge on any atom is 0.410 e. The second-order valence-corrected chi connectivity index (χ2v) is 16.8. The number of hydrogen-bond acceptors (Lipinski definition) is 9. The quantitative estimate of drug-likeness (QED) is 0.360. The second kappa shape index (κ2) is 14.3. The van der Waals surface area contributed by atoms with E-state index in [9.17, 15) is 32.0 Å². The first-order valence-corrected chi connectivity index (χ1v) is 19.8. The molecule has 0 spiro atoms. The predicted molar refractivity (Wildman–Crippen MR) is 186 cm³/mol. The minimum atomic E-state index is -3.89. The molecule has 52 heavy (non-hydrogen) atoms.